The first-order valence-corrected chi connectivity index (χ1v) is 8.41. The lowest BCUT2D eigenvalue weighted by atomic mass is 10.1. The monoisotopic (exact) mass is 299 g/mol. The second kappa shape index (κ2) is 6.46. The smallest absolute Gasteiger partial charge is 0.134 e. The van der Waals surface area contributed by atoms with Crippen molar-refractivity contribution >= 4 is 22.3 Å². The lowest BCUT2D eigenvalue weighted by molar-refractivity contribution is 0.521. The Morgan fingerprint density at radius 1 is 1.19 bits per heavy atom. The topological polar surface area (TPSA) is 25.2 Å². The van der Waals surface area contributed by atoms with Gasteiger partial charge in [-0.1, -0.05) is 31.2 Å². The average molecular weight is 299 g/mol. The molecule has 0 aliphatic carbocycles. The Morgan fingerprint density at radius 2 is 2.05 bits per heavy atom. The normalized spacial score (nSPS) is 12.9. The Kier molecular flexibility index (Phi) is 4.42. The highest BCUT2D eigenvalue weighted by atomic mass is 32.1. The summed E-state index contributed by atoms with van der Waals surface area (Å²) in [5.41, 5.74) is 2.31. The van der Waals surface area contributed by atoms with E-state index in [-0.39, 0.29) is 0 Å². The molecule has 2 heterocycles. The second-order valence-corrected chi connectivity index (χ2v) is 6.45. The zero-order valence-electron chi connectivity index (χ0n) is 12.6. The maximum Gasteiger partial charge on any atom is 0.134 e. The molecule has 2 nitrogen and oxygen atoms in total. The molecule has 0 radical (unpaired) electrons. The summed E-state index contributed by atoms with van der Waals surface area (Å²) in [7, 11) is 0. The van der Waals surface area contributed by atoms with E-state index in [4.69, 9.17) is 4.42 Å². The van der Waals surface area contributed by atoms with Crippen molar-refractivity contribution in [2.24, 2.45) is 0 Å². The Bertz CT molecular complexity index is 699. The molecule has 0 fully saturated rings. The van der Waals surface area contributed by atoms with Crippen LogP contribution in [0.2, 0.25) is 0 Å². The zero-order chi connectivity index (χ0) is 14.7. The third-order valence-corrected chi connectivity index (χ3v) is 4.72. The quantitative estimate of drug-likeness (QED) is 0.708. The molecule has 0 bridgehead atoms. The number of thiophene rings is 1. The van der Waals surface area contributed by atoms with Crippen LogP contribution in [0.25, 0.3) is 11.0 Å². The fourth-order valence-corrected chi connectivity index (χ4v) is 3.54. The van der Waals surface area contributed by atoms with Crippen molar-refractivity contribution in [3.05, 3.63) is 58.0 Å². The lowest BCUT2D eigenvalue weighted by Gasteiger charge is -2.13. The van der Waals surface area contributed by atoms with Crippen LogP contribution in [0.3, 0.4) is 0 Å². The minimum Gasteiger partial charge on any atom is -0.461 e. The first-order valence-electron chi connectivity index (χ1n) is 7.53. The van der Waals surface area contributed by atoms with Crippen LogP contribution in [0.5, 0.6) is 0 Å². The summed E-state index contributed by atoms with van der Waals surface area (Å²) < 4.78 is 5.95. The summed E-state index contributed by atoms with van der Waals surface area (Å²) in [5.74, 6) is 1.10. The largest absolute Gasteiger partial charge is 0.461 e. The van der Waals surface area contributed by atoms with Crippen molar-refractivity contribution in [3.8, 4) is 0 Å². The molecule has 3 heteroatoms. The van der Waals surface area contributed by atoms with Gasteiger partial charge in [0.15, 0.2) is 0 Å². The van der Waals surface area contributed by atoms with Gasteiger partial charge in [0.2, 0.25) is 0 Å². The van der Waals surface area contributed by atoms with Gasteiger partial charge in [-0.25, -0.2) is 0 Å². The molecule has 3 aromatic rings. The Morgan fingerprint density at radius 3 is 2.81 bits per heavy atom. The van der Waals surface area contributed by atoms with Crippen LogP contribution in [-0.2, 0) is 19.4 Å². The molecule has 1 N–H and O–H groups in total. The van der Waals surface area contributed by atoms with Crippen molar-refractivity contribution in [2.75, 3.05) is 0 Å². The molecule has 0 spiro atoms. The molecule has 1 unspecified atom stereocenters. The van der Waals surface area contributed by atoms with E-state index in [1.807, 2.05) is 23.5 Å². The van der Waals surface area contributed by atoms with Gasteiger partial charge in [-0.15, -0.1) is 11.3 Å². The van der Waals surface area contributed by atoms with Gasteiger partial charge < -0.3 is 9.73 Å². The minimum atomic E-state index is 0.460. The highest BCUT2D eigenvalue weighted by Gasteiger charge is 2.13. The van der Waals surface area contributed by atoms with Crippen LogP contribution >= 0.6 is 11.3 Å². The van der Waals surface area contributed by atoms with Crippen molar-refractivity contribution in [1.29, 1.82) is 0 Å². The predicted molar refractivity (Wildman–Crippen MR) is 89.9 cm³/mol. The Balaban J connectivity index is 1.72. The lowest BCUT2D eigenvalue weighted by Crippen LogP contribution is -2.27. The van der Waals surface area contributed by atoms with Crippen LogP contribution in [0, 0.1) is 0 Å². The third-order valence-electron chi connectivity index (χ3n) is 3.82. The zero-order valence-corrected chi connectivity index (χ0v) is 13.4. The molecule has 0 aliphatic heterocycles. The van der Waals surface area contributed by atoms with Gasteiger partial charge in [-0.3, -0.25) is 0 Å². The van der Waals surface area contributed by atoms with Crippen LogP contribution < -0.4 is 5.32 Å². The molecular weight excluding hydrogens is 278 g/mol. The van der Waals surface area contributed by atoms with E-state index < -0.39 is 0 Å². The van der Waals surface area contributed by atoms with Crippen LogP contribution in [0.1, 0.15) is 30.0 Å². The minimum absolute atomic E-state index is 0.460. The third kappa shape index (κ3) is 3.20. The van der Waals surface area contributed by atoms with Gasteiger partial charge in [0.25, 0.3) is 0 Å². The number of fused-ring (bicyclic) bond motifs is 1. The van der Waals surface area contributed by atoms with Gasteiger partial charge >= 0.3 is 0 Å². The molecule has 110 valence electrons. The van der Waals surface area contributed by atoms with Crippen molar-refractivity contribution < 1.29 is 4.42 Å². The van der Waals surface area contributed by atoms with E-state index in [0.717, 1.165) is 30.7 Å². The van der Waals surface area contributed by atoms with Crippen LogP contribution in [0.15, 0.2) is 46.2 Å². The van der Waals surface area contributed by atoms with Crippen molar-refractivity contribution in [3.63, 3.8) is 0 Å². The fourth-order valence-electron chi connectivity index (χ4n) is 2.71. The van der Waals surface area contributed by atoms with Crippen molar-refractivity contribution in [2.45, 2.75) is 39.3 Å². The number of para-hydroxylation sites is 1. The van der Waals surface area contributed by atoms with E-state index in [1.54, 1.807) is 0 Å². The SMILES string of the molecule is CCc1oc2ccccc2c1CNC(C)Cc1cccs1. The number of hydrogen-bond donors (Lipinski definition) is 1. The molecule has 1 atom stereocenters. The Hall–Kier alpha value is -1.58. The fraction of sp³-hybridized carbons (Fsp3) is 0.333. The molecule has 0 amide bonds. The van der Waals surface area contributed by atoms with Crippen LogP contribution in [-0.4, -0.2) is 6.04 Å². The second-order valence-electron chi connectivity index (χ2n) is 5.42. The summed E-state index contributed by atoms with van der Waals surface area (Å²) in [6.45, 7) is 5.26. The van der Waals surface area contributed by atoms with E-state index in [2.05, 4.69) is 48.8 Å². The maximum absolute atomic E-state index is 5.95. The molecule has 21 heavy (non-hydrogen) atoms. The summed E-state index contributed by atoms with van der Waals surface area (Å²) >= 11 is 1.83. The number of furan rings is 1. The molecule has 1 aromatic carbocycles. The molecule has 0 saturated heterocycles. The summed E-state index contributed by atoms with van der Waals surface area (Å²) in [4.78, 5) is 1.43. The first kappa shape index (κ1) is 14.4. The summed E-state index contributed by atoms with van der Waals surface area (Å²) in [6.07, 6.45) is 2.01. The van der Waals surface area contributed by atoms with E-state index in [0.29, 0.717) is 6.04 Å². The average Bonchev–Trinajstić information content (AvgIpc) is 3.12. The summed E-state index contributed by atoms with van der Waals surface area (Å²) in [5, 5.41) is 7.02. The number of benzene rings is 1. The van der Waals surface area contributed by atoms with Gasteiger partial charge in [0, 0.05) is 34.8 Å². The highest BCUT2D eigenvalue weighted by Crippen LogP contribution is 2.26. The number of aryl methyl sites for hydroxylation is 1. The van der Waals surface area contributed by atoms with E-state index in [1.165, 1.54) is 15.8 Å². The maximum atomic E-state index is 5.95. The Labute approximate surface area is 129 Å². The van der Waals surface area contributed by atoms with Crippen molar-refractivity contribution in [1.82, 2.24) is 5.32 Å². The van der Waals surface area contributed by atoms with Gasteiger partial charge in [0.05, 0.1) is 0 Å². The highest BCUT2D eigenvalue weighted by molar-refractivity contribution is 7.09. The van der Waals surface area contributed by atoms with Crippen LogP contribution in [0.4, 0.5) is 0 Å². The van der Waals surface area contributed by atoms with Gasteiger partial charge in [-0.2, -0.15) is 0 Å². The number of nitrogens with one attached hydrogen (secondary N) is 1. The molecular formula is C18H21NOS. The van der Waals surface area contributed by atoms with E-state index >= 15 is 0 Å². The van der Waals surface area contributed by atoms with Gasteiger partial charge in [0.1, 0.15) is 11.3 Å². The first-order chi connectivity index (χ1) is 10.3. The molecule has 0 aliphatic rings. The molecule has 0 saturated carbocycles. The molecule has 3 rings (SSSR count). The number of rotatable bonds is 6. The van der Waals surface area contributed by atoms with Gasteiger partial charge in [-0.05, 0) is 30.9 Å². The van der Waals surface area contributed by atoms with E-state index in [9.17, 15) is 0 Å². The predicted octanol–water partition coefficient (Wildman–Crippen LogP) is 4.78. The number of hydrogen-bond acceptors (Lipinski definition) is 3. The standard InChI is InChI=1S/C18H21NOS/c1-3-17-16(15-8-4-5-9-18(15)20-17)12-19-13(2)11-14-7-6-10-21-14/h4-10,13,19H,3,11-12H2,1-2H3. The summed E-state index contributed by atoms with van der Waals surface area (Å²) in [6, 6.07) is 13.1. The molecule has 2 aromatic heterocycles.